The third kappa shape index (κ3) is 5.71. The van der Waals surface area contributed by atoms with Crippen LogP contribution in [0.25, 0.3) is 10.8 Å². The van der Waals surface area contributed by atoms with Crippen LogP contribution in [-0.4, -0.2) is 11.1 Å². The van der Waals surface area contributed by atoms with Crippen LogP contribution in [0.3, 0.4) is 0 Å². The summed E-state index contributed by atoms with van der Waals surface area (Å²) in [6.45, 7) is 4.60. The molecule has 0 aliphatic rings. The molecule has 2 atom stereocenters. The van der Waals surface area contributed by atoms with Crippen LogP contribution < -0.4 is 5.48 Å². The summed E-state index contributed by atoms with van der Waals surface area (Å²) in [7, 11) is 0. The summed E-state index contributed by atoms with van der Waals surface area (Å²) >= 11 is 0. The Bertz CT molecular complexity index is 708. The maximum Gasteiger partial charge on any atom is 0.267 e. The molecule has 2 N–H and O–H groups in total. The van der Waals surface area contributed by atoms with Gasteiger partial charge < -0.3 is 0 Å². The standard InChI is InChI=1S/C22H29NO2/c1-3-17(2)21(12-6-4-5-7-13-22(24)23-25)20-15-14-18-10-8-9-11-19(18)16-20/h7-11,13-17,21,25H,3-6,12H2,1-2H3,(H,23,24)/b13-7+. The molecule has 0 saturated heterocycles. The molecule has 0 fully saturated rings. The van der Waals surface area contributed by atoms with Crippen LogP contribution in [0, 0.1) is 5.92 Å². The molecule has 1 amide bonds. The Kier molecular flexibility index (Phi) is 7.68. The van der Waals surface area contributed by atoms with Crippen molar-refractivity contribution in [3.8, 4) is 0 Å². The number of carbonyl (C=O) groups excluding carboxylic acids is 1. The highest BCUT2D eigenvalue weighted by atomic mass is 16.5. The number of nitrogens with one attached hydrogen (secondary N) is 1. The van der Waals surface area contributed by atoms with Gasteiger partial charge >= 0.3 is 0 Å². The van der Waals surface area contributed by atoms with Crippen LogP contribution in [0.1, 0.15) is 57.4 Å². The van der Waals surface area contributed by atoms with E-state index in [1.165, 1.54) is 28.8 Å². The van der Waals surface area contributed by atoms with Gasteiger partial charge in [-0.05, 0) is 47.4 Å². The largest absolute Gasteiger partial charge is 0.288 e. The van der Waals surface area contributed by atoms with Crippen LogP contribution in [0.5, 0.6) is 0 Å². The second-order valence-corrected chi connectivity index (χ2v) is 6.76. The molecule has 25 heavy (non-hydrogen) atoms. The summed E-state index contributed by atoms with van der Waals surface area (Å²) in [4.78, 5) is 10.9. The number of hydrogen-bond acceptors (Lipinski definition) is 2. The van der Waals surface area contributed by atoms with Crippen molar-refractivity contribution >= 4 is 16.7 Å². The Morgan fingerprint density at radius 3 is 2.64 bits per heavy atom. The lowest BCUT2D eigenvalue weighted by Crippen LogP contribution is -2.14. The first-order chi connectivity index (χ1) is 12.2. The molecule has 0 aliphatic carbocycles. The van der Waals surface area contributed by atoms with Gasteiger partial charge in [-0.15, -0.1) is 0 Å². The number of unbranched alkanes of at least 4 members (excludes halogenated alkanes) is 2. The molecule has 0 aromatic heterocycles. The van der Waals surface area contributed by atoms with Crippen LogP contribution in [0.15, 0.2) is 54.6 Å². The van der Waals surface area contributed by atoms with Gasteiger partial charge in [-0.25, -0.2) is 5.48 Å². The SMILES string of the molecule is CCC(C)C(CCCC/C=C/C(=O)NO)c1ccc2ccccc2c1. The van der Waals surface area contributed by atoms with E-state index in [1.54, 1.807) is 5.48 Å². The predicted octanol–water partition coefficient (Wildman–Crippen LogP) is 5.59. The second-order valence-electron chi connectivity index (χ2n) is 6.76. The van der Waals surface area contributed by atoms with Gasteiger partial charge in [-0.2, -0.15) is 0 Å². The Hall–Kier alpha value is -2.13. The van der Waals surface area contributed by atoms with Crippen molar-refractivity contribution in [1.29, 1.82) is 0 Å². The van der Waals surface area contributed by atoms with Crippen molar-refractivity contribution in [3.05, 3.63) is 60.2 Å². The number of hydroxylamine groups is 1. The fourth-order valence-electron chi connectivity index (χ4n) is 3.36. The summed E-state index contributed by atoms with van der Waals surface area (Å²) < 4.78 is 0. The lowest BCUT2D eigenvalue weighted by Gasteiger charge is -2.24. The van der Waals surface area contributed by atoms with E-state index >= 15 is 0 Å². The maximum atomic E-state index is 10.9. The Morgan fingerprint density at radius 2 is 1.92 bits per heavy atom. The molecule has 0 spiro atoms. The summed E-state index contributed by atoms with van der Waals surface area (Å²) in [5.74, 6) is 0.754. The minimum Gasteiger partial charge on any atom is -0.288 e. The summed E-state index contributed by atoms with van der Waals surface area (Å²) in [6, 6.07) is 15.4. The van der Waals surface area contributed by atoms with Crippen molar-refractivity contribution in [1.82, 2.24) is 5.48 Å². The number of hydrogen-bond donors (Lipinski definition) is 2. The Labute approximate surface area is 150 Å². The van der Waals surface area contributed by atoms with E-state index < -0.39 is 5.91 Å². The van der Waals surface area contributed by atoms with Crippen molar-refractivity contribution < 1.29 is 10.0 Å². The molecule has 0 aliphatic heterocycles. The minimum atomic E-state index is -0.464. The molecular formula is C22H29NO2. The number of rotatable bonds is 9. The molecule has 3 heteroatoms. The molecule has 0 bridgehead atoms. The predicted molar refractivity (Wildman–Crippen MR) is 104 cm³/mol. The number of carbonyl (C=O) groups is 1. The van der Waals surface area contributed by atoms with E-state index in [0.717, 1.165) is 25.7 Å². The van der Waals surface area contributed by atoms with Gasteiger partial charge in [0, 0.05) is 6.08 Å². The highest BCUT2D eigenvalue weighted by Gasteiger charge is 2.17. The molecule has 2 aromatic carbocycles. The van der Waals surface area contributed by atoms with Crippen molar-refractivity contribution in [2.45, 2.75) is 51.9 Å². The van der Waals surface area contributed by atoms with E-state index in [2.05, 4.69) is 56.3 Å². The Morgan fingerprint density at radius 1 is 1.16 bits per heavy atom. The first-order valence-electron chi connectivity index (χ1n) is 9.25. The first-order valence-corrected chi connectivity index (χ1v) is 9.25. The number of benzene rings is 2. The zero-order valence-corrected chi connectivity index (χ0v) is 15.2. The average molecular weight is 339 g/mol. The van der Waals surface area contributed by atoms with E-state index in [1.807, 2.05) is 6.08 Å². The number of fused-ring (bicyclic) bond motifs is 1. The molecule has 0 saturated carbocycles. The molecule has 2 rings (SSSR count). The third-order valence-electron chi connectivity index (χ3n) is 5.05. The number of amides is 1. The van der Waals surface area contributed by atoms with Gasteiger partial charge in [0.1, 0.15) is 0 Å². The smallest absolute Gasteiger partial charge is 0.267 e. The van der Waals surface area contributed by atoms with Gasteiger partial charge in [-0.3, -0.25) is 10.0 Å². The molecule has 2 aromatic rings. The molecule has 0 radical (unpaired) electrons. The van der Waals surface area contributed by atoms with E-state index in [4.69, 9.17) is 5.21 Å². The summed E-state index contributed by atoms with van der Waals surface area (Å²) in [5.41, 5.74) is 3.04. The zero-order chi connectivity index (χ0) is 18.1. The fourth-order valence-corrected chi connectivity index (χ4v) is 3.36. The monoisotopic (exact) mass is 339 g/mol. The van der Waals surface area contributed by atoms with Gasteiger partial charge in [0.15, 0.2) is 0 Å². The van der Waals surface area contributed by atoms with Crippen molar-refractivity contribution in [3.63, 3.8) is 0 Å². The molecule has 3 nitrogen and oxygen atoms in total. The van der Waals surface area contributed by atoms with Gasteiger partial charge in [0.25, 0.3) is 5.91 Å². The second kappa shape index (κ2) is 10.00. The van der Waals surface area contributed by atoms with Crippen LogP contribution >= 0.6 is 0 Å². The van der Waals surface area contributed by atoms with E-state index in [0.29, 0.717) is 11.8 Å². The lowest BCUT2D eigenvalue weighted by atomic mass is 9.81. The van der Waals surface area contributed by atoms with Crippen molar-refractivity contribution in [2.24, 2.45) is 5.92 Å². The first kappa shape index (κ1) is 19.2. The van der Waals surface area contributed by atoms with Gasteiger partial charge in [0.05, 0.1) is 0 Å². The quantitative estimate of drug-likeness (QED) is 0.271. The molecular weight excluding hydrogens is 310 g/mol. The van der Waals surface area contributed by atoms with E-state index in [9.17, 15) is 4.79 Å². The molecule has 0 heterocycles. The van der Waals surface area contributed by atoms with E-state index in [-0.39, 0.29) is 0 Å². The van der Waals surface area contributed by atoms with Crippen LogP contribution in [-0.2, 0) is 4.79 Å². The van der Waals surface area contributed by atoms with Crippen molar-refractivity contribution in [2.75, 3.05) is 0 Å². The highest BCUT2D eigenvalue weighted by Crippen LogP contribution is 2.33. The average Bonchev–Trinajstić information content (AvgIpc) is 2.66. The normalized spacial score (nSPS) is 13.9. The van der Waals surface area contributed by atoms with Crippen LogP contribution in [0.4, 0.5) is 0 Å². The summed E-state index contributed by atoms with van der Waals surface area (Å²) in [5, 5.41) is 11.1. The van der Waals surface area contributed by atoms with Gasteiger partial charge in [-0.1, -0.05) is 75.2 Å². The molecule has 2 unspecified atom stereocenters. The van der Waals surface area contributed by atoms with Gasteiger partial charge in [0.2, 0.25) is 0 Å². The highest BCUT2D eigenvalue weighted by molar-refractivity contribution is 5.86. The lowest BCUT2D eigenvalue weighted by molar-refractivity contribution is -0.124. The maximum absolute atomic E-state index is 10.9. The molecule has 134 valence electrons. The van der Waals surface area contributed by atoms with Crippen LogP contribution in [0.2, 0.25) is 0 Å². The topological polar surface area (TPSA) is 49.3 Å². The Balaban J connectivity index is 1.98. The zero-order valence-electron chi connectivity index (χ0n) is 15.2. The summed E-state index contributed by atoms with van der Waals surface area (Å²) in [6.07, 6.45) is 8.58. The number of allylic oxidation sites excluding steroid dienone is 1. The fraction of sp³-hybridized carbons (Fsp3) is 0.409. The third-order valence-corrected chi connectivity index (χ3v) is 5.05. The minimum absolute atomic E-state index is 0.464.